The third kappa shape index (κ3) is 3.86. The number of carbonyl (C=O) groups is 2. The molecule has 0 aromatic heterocycles. The molecule has 0 aliphatic rings. The van der Waals surface area contributed by atoms with E-state index in [4.69, 9.17) is 16.3 Å². The van der Waals surface area contributed by atoms with Gasteiger partial charge in [0.25, 0.3) is 0 Å². The highest BCUT2D eigenvalue weighted by atomic mass is 35.5. The molecule has 0 amide bonds. The Labute approximate surface area is 106 Å². The fraction of sp³-hybridized carbons (Fsp3) is 0.385. The molecule has 0 aliphatic carbocycles. The van der Waals surface area contributed by atoms with Gasteiger partial charge in [-0.05, 0) is 25.5 Å². The first-order valence-electron chi connectivity index (χ1n) is 5.49. The SMILES string of the molecule is CCOC(=O)[C@@H](C)C(=O)Cc1ccccc1Cl. The van der Waals surface area contributed by atoms with E-state index in [1.54, 1.807) is 32.0 Å². The number of hydrogen-bond donors (Lipinski definition) is 0. The van der Waals surface area contributed by atoms with Crippen molar-refractivity contribution in [3.8, 4) is 0 Å². The van der Waals surface area contributed by atoms with E-state index in [0.717, 1.165) is 5.56 Å². The summed E-state index contributed by atoms with van der Waals surface area (Å²) in [6, 6.07) is 7.10. The van der Waals surface area contributed by atoms with E-state index in [0.29, 0.717) is 5.02 Å². The lowest BCUT2D eigenvalue weighted by Crippen LogP contribution is -2.24. The average molecular weight is 255 g/mol. The van der Waals surface area contributed by atoms with Gasteiger partial charge in [-0.25, -0.2) is 0 Å². The first-order valence-corrected chi connectivity index (χ1v) is 5.86. The van der Waals surface area contributed by atoms with E-state index in [9.17, 15) is 9.59 Å². The normalized spacial score (nSPS) is 11.9. The monoisotopic (exact) mass is 254 g/mol. The van der Waals surface area contributed by atoms with Gasteiger partial charge in [0.15, 0.2) is 5.78 Å². The van der Waals surface area contributed by atoms with Crippen LogP contribution in [0.15, 0.2) is 24.3 Å². The fourth-order valence-corrected chi connectivity index (χ4v) is 1.58. The summed E-state index contributed by atoms with van der Waals surface area (Å²) in [5, 5.41) is 0.539. The number of rotatable bonds is 5. The van der Waals surface area contributed by atoms with Crippen LogP contribution in [0.2, 0.25) is 5.02 Å². The number of esters is 1. The van der Waals surface area contributed by atoms with Crippen LogP contribution < -0.4 is 0 Å². The van der Waals surface area contributed by atoms with Crippen molar-refractivity contribution in [3.05, 3.63) is 34.9 Å². The summed E-state index contributed by atoms with van der Waals surface area (Å²) in [4.78, 5) is 23.2. The standard InChI is InChI=1S/C13H15ClO3/c1-3-17-13(16)9(2)12(15)8-10-6-4-5-7-11(10)14/h4-7,9H,3,8H2,1-2H3/t9-/m0/s1. The zero-order valence-electron chi connectivity index (χ0n) is 9.90. The van der Waals surface area contributed by atoms with Crippen LogP contribution in [0.3, 0.4) is 0 Å². The van der Waals surface area contributed by atoms with Crippen molar-refractivity contribution in [2.45, 2.75) is 20.3 Å². The summed E-state index contributed by atoms with van der Waals surface area (Å²) >= 11 is 5.95. The van der Waals surface area contributed by atoms with Crippen LogP contribution in [0.5, 0.6) is 0 Å². The number of ether oxygens (including phenoxy) is 1. The Morgan fingerprint density at radius 2 is 2.00 bits per heavy atom. The molecule has 1 aromatic carbocycles. The Morgan fingerprint density at radius 1 is 1.35 bits per heavy atom. The van der Waals surface area contributed by atoms with Crippen molar-refractivity contribution in [1.29, 1.82) is 0 Å². The van der Waals surface area contributed by atoms with E-state index < -0.39 is 11.9 Å². The Balaban J connectivity index is 2.67. The third-order valence-electron chi connectivity index (χ3n) is 2.45. The molecule has 0 bridgehead atoms. The van der Waals surface area contributed by atoms with Crippen molar-refractivity contribution in [3.63, 3.8) is 0 Å². The molecule has 0 N–H and O–H groups in total. The zero-order chi connectivity index (χ0) is 12.8. The molecule has 1 atom stereocenters. The number of ketones is 1. The van der Waals surface area contributed by atoms with Gasteiger partial charge in [0.2, 0.25) is 0 Å². The van der Waals surface area contributed by atoms with Crippen LogP contribution >= 0.6 is 11.6 Å². The largest absolute Gasteiger partial charge is 0.465 e. The van der Waals surface area contributed by atoms with E-state index in [1.807, 2.05) is 6.07 Å². The lowest BCUT2D eigenvalue weighted by molar-refractivity contribution is -0.150. The van der Waals surface area contributed by atoms with Gasteiger partial charge in [-0.3, -0.25) is 9.59 Å². The highest BCUT2D eigenvalue weighted by Gasteiger charge is 2.23. The molecule has 0 spiro atoms. The first kappa shape index (κ1) is 13.7. The highest BCUT2D eigenvalue weighted by molar-refractivity contribution is 6.31. The molecule has 0 radical (unpaired) electrons. The second kappa shape index (κ2) is 6.40. The second-order valence-corrected chi connectivity index (χ2v) is 4.12. The average Bonchev–Trinajstić information content (AvgIpc) is 2.31. The molecule has 3 nitrogen and oxygen atoms in total. The summed E-state index contributed by atoms with van der Waals surface area (Å²) in [7, 11) is 0. The van der Waals surface area contributed by atoms with E-state index in [2.05, 4.69) is 0 Å². The minimum absolute atomic E-state index is 0.152. The summed E-state index contributed by atoms with van der Waals surface area (Å²) in [5.74, 6) is -1.41. The van der Waals surface area contributed by atoms with Gasteiger partial charge in [-0.1, -0.05) is 29.8 Å². The van der Waals surface area contributed by atoms with Gasteiger partial charge < -0.3 is 4.74 Å². The molecule has 17 heavy (non-hydrogen) atoms. The summed E-state index contributed by atoms with van der Waals surface area (Å²) in [6.07, 6.45) is 0.152. The lowest BCUT2D eigenvalue weighted by Gasteiger charge is -2.10. The minimum atomic E-state index is -0.744. The number of hydrogen-bond acceptors (Lipinski definition) is 3. The van der Waals surface area contributed by atoms with Crippen molar-refractivity contribution < 1.29 is 14.3 Å². The maximum absolute atomic E-state index is 11.8. The molecule has 1 aromatic rings. The van der Waals surface area contributed by atoms with Crippen LogP contribution in [-0.4, -0.2) is 18.4 Å². The molecular formula is C13H15ClO3. The van der Waals surface area contributed by atoms with Crippen molar-refractivity contribution in [1.82, 2.24) is 0 Å². The maximum Gasteiger partial charge on any atom is 0.316 e. The Bertz CT molecular complexity index is 415. The summed E-state index contributed by atoms with van der Waals surface area (Å²) in [6.45, 7) is 3.54. The van der Waals surface area contributed by atoms with E-state index in [1.165, 1.54) is 0 Å². The molecule has 1 rings (SSSR count). The Morgan fingerprint density at radius 3 is 2.59 bits per heavy atom. The fourth-order valence-electron chi connectivity index (χ4n) is 1.38. The molecule has 0 aliphatic heterocycles. The quantitative estimate of drug-likeness (QED) is 0.599. The van der Waals surface area contributed by atoms with Crippen LogP contribution in [0, 0.1) is 5.92 Å². The number of halogens is 1. The Hall–Kier alpha value is -1.35. The maximum atomic E-state index is 11.8. The molecule has 0 unspecified atom stereocenters. The van der Waals surface area contributed by atoms with Crippen molar-refractivity contribution >= 4 is 23.4 Å². The van der Waals surface area contributed by atoms with Crippen LogP contribution in [-0.2, 0) is 20.7 Å². The molecular weight excluding hydrogens is 240 g/mol. The second-order valence-electron chi connectivity index (χ2n) is 3.71. The lowest BCUT2D eigenvalue weighted by atomic mass is 9.99. The number of carbonyl (C=O) groups excluding carboxylic acids is 2. The van der Waals surface area contributed by atoms with Crippen LogP contribution in [0.1, 0.15) is 19.4 Å². The summed E-state index contributed by atoms with van der Waals surface area (Å²) < 4.78 is 4.80. The summed E-state index contributed by atoms with van der Waals surface area (Å²) in [5.41, 5.74) is 0.732. The van der Waals surface area contributed by atoms with Crippen LogP contribution in [0.25, 0.3) is 0 Å². The molecule has 4 heteroatoms. The van der Waals surface area contributed by atoms with Gasteiger partial charge >= 0.3 is 5.97 Å². The van der Waals surface area contributed by atoms with E-state index in [-0.39, 0.29) is 18.8 Å². The van der Waals surface area contributed by atoms with E-state index >= 15 is 0 Å². The van der Waals surface area contributed by atoms with Gasteiger partial charge in [0.1, 0.15) is 5.92 Å². The Kier molecular flexibility index (Phi) is 5.16. The smallest absolute Gasteiger partial charge is 0.316 e. The van der Waals surface area contributed by atoms with Gasteiger partial charge in [0, 0.05) is 11.4 Å². The molecule has 0 heterocycles. The van der Waals surface area contributed by atoms with Crippen molar-refractivity contribution in [2.75, 3.05) is 6.61 Å². The molecule has 92 valence electrons. The molecule has 0 saturated carbocycles. The molecule has 0 saturated heterocycles. The topological polar surface area (TPSA) is 43.4 Å². The highest BCUT2D eigenvalue weighted by Crippen LogP contribution is 2.17. The third-order valence-corrected chi connectivity index (χ3v) is 2.81. The van der Waals surface area contributed by atoms with Crippen LogP contribution in [0.4, 0.5) is 0 Å². The first-order chi connectivity index (χ1) is 8.06. The van der Waals surface area contributed by atoms with Crippen molar-refractivity contribution in [2.24, 2.45) is 5.92 Å². The predicted molar refractivity (Wildman–Crippen MR) is 66.0 cm³/mol. The predicted octanol–water partition coefficient (Wildman–Crippen LogP) is 2.65. The molecule has 0 fully saturated rings. The minimum Gasteiger partial charge on any atom is -0.465 e. The zero-order valence-corrected chi connectivity index (χ0v) is 10.7. The van der Waals surface area contributed by atoms with Gasteiger partial charge in [0.05, 0.1) is 6.61 Å². The van der Waals surface area contributed by atoms with Gasteiger partial charge in [-0.2, -0.15) is 0 Å². The van der Waals surface area contributed by atoms with Gasteiger partial charge in [-0.15, -0.1) is 0 Å². The number of benzene rings is 1. The number of Topliss-reactive ketones (excluding diaryl/α,β-unsaturated/α-hetero) is 1.